The molecule has 0 aliphatic carbocycles. The van der Waals surface area contributed by atoms with E-state index in [4.69, 9.17) is 5.11 Å². The Morgan fingerprint density at radius 2 is 1.84 bits per heavy atom. The van der Waals surface area contributed by atoms with Gasteiger partial charge in [-0.15, -0.1) is 0 Å². The van der Waals surface area contributed by atoms with Crippen molar-refractivity contribution in [1.82, 2.24) is 4.90 Å². The Bertz CT molecular complexity index is 448. The molecule has 0 saturated heterocycles. The summed E-state index contributed by atoms with van der Waals surface area (Å²) in [4.78, 5) is 25.4. The highest BCUT2D eigenvalue weighted by Crippen LogP contribution is 2.16. The van der Waals surface area contributed by atoms with Crippen LogP contribution in [-0.4, -0.2) is 42.1 Å². The molecule has 0 spiro atoms. The van der Waals surface area contributed by atoms with E-state index in [0.717, 1.165) is 0 Å². The third-order valence-corrected chi connectivity index (χ3v) is 2.67. The molecule has 6 heteroatoms. The van der Waals surface area contributed by atoms with Crippen LogP contribution in [0.25, 0.3) is 0 Å². The number of carboxylic acid groups (broad SMARTS) is 1. The average Bonchev–Trinajstić information content (AvgIpc) is 2.38. The number of hydrogen-bond acceptors (Lipinski definition) is 2. The van der Waals surface area contributed by atoms with Crippen LogP contribution in [0.1, 0.15) is 13.3 Å². The summed E-state index contributed by atoms with van der Waals surface area (Å²) >= 11 is 0. The monoisotopic (exact) mass is 268 g/mol. The number of urea groups is 1. The van der Waals surface area contributed by atoms with E-state index in [-0.39, 0.29) is 24.8 Å². The number of amides is 2. The molecular weight excluding hydrogens is 251 g/mol. The number of anilines is 1. The molecule has 1 rings (SSSR count). The summed E-state index contributed by atoms with van der Waals surface area (Å²) < 4.78 is 12.8. The number of carboxylic acids is 1. The first-order valence-electron chi connectivity index (χ1n) is 5.95. The molecule has 0 aromatic heterocycles. The highest BCUT2D eigenvalue weighted by atomic mass is 19.1. The average molecular weight is 268 g/mol. The summed E-state index contributed by atoms with van der Waals surface area (Å²) in [5.74, 6) is -1.32. The molecule has 1 N–H and O–H groups in total. The summed E-state index contributed by atoms with van der Waals surface area (Å²) in [6.45, 7) is 2.35. The predicted molar refractivity (Wildman–Crippen MR) is 69.7 cm³/mol. The third kappa shape index (κ3) is 4.24. The zero-order chi connectivity index (χ0) is 14.4. The van der Waals surface area contributed by atoms with Crippen molar-refractivity contribution in [3.8, 4) is 0 Å². The van der Waals surface area contributed by atoms with E-state index >= 15 is 0 Å². The second-order valence-corrected chi connectivity index (χ2v) is 4.07. The third-order valence-electron chi connectivity index (χ3n) is 2.67. The molecule has 0 aliphatic heterocycles. The highest BCUT2D eigenvalue weighted by molar-refractivity contribution is 5.91. The molecule has 104 valence electrons. The van der Waals surface area contributed by atoms with Gasteiger partial charge < -0.3 is 10.0 Å². The fourth-order valence-electron chi connectivity index (χ4n) is 1.61. The maximum atomic E-state index is 12.8. The Kier molecular flexibility index (Phi) is 5.29. The van der Waals surface area contributed by atoms with Gasteiger partial charge in [0.1, 0.15) is 5.82 Å². The zero-order valence-electron chi connectivity index (χ0n) is 11.0. The zero-order valence-corrected chi connectivity index (χ0v) is 11.0. The smallest absolute Gasteiger partial charge is 0.324 e. The molecule has 5 nitrogen and oxygen atoms in total. The topological polar surface area (TPSA) is 60.9 Å². The minimum absolute atomic E-state index is 0.108. The van der Waals surface area contributed by atoms with E-state index in [0.29, 0.717) is 12.2 Å². The van der Waals surface area contributed by atoms with E-state index in [1.54, 1.807) is 6.92 Å². The highest BCUT2D eigenvalue weighted by Gasteiger charge is 2.18. The normalized spacial score (nSPS) is 10.1. The Balaban J connectivity index is 2.76. The summed E-state index contributed by atoms with van der Waals surface area (Å²) in [6.07, 6.45) is -0.108. The lowest BCUT2D eigenvalue weighted by Gasteiger charge is -2.27. The summed E-state index contributed by atoms with van der Waals surface area (Å²) in [7, 11) is 1.54. The van der Waals surface area contributed by atoms with Gasteiger partial charge in [-0.3, -0.25) is 9.69 Å². The molecule has 0 fully saturated rings. The van der Waals surface area contributed by atoms with Gasteiger partial charge in [-0.05, 0) is 31.2 Å². The van der Waals surface area contributed by atoms with Crippen molar-refractivity contribution < 1.29 is 19.1 Å². The molecule has 1 aromatic rings. The quantitative estimate of drug-likeness (QED) is 0.890. The fraction of sp³-hybridized carbons (Fsp3) is 0.385. The second-order valence-electron chi connectivity index (χ2n) is 4.07. The van der Waals surface area contributed by atoms with Crippen LogP contribution in [0.2, 0.25) is 0 Å². The van der Waals surface area contributed by atoms with E-state index in [2.05, 4.69) is 0 Å². The van der Waals surface area contributed by atoms with Crippen LogP contribution in [0, 0.1) is 5.82 Å². The van der Waals surface area contributed by atoms with Crippen molar-refractivity contribution in [3.63, 3.8) is 0 Å². The van der Waals surface area contributed by atoms with Gasteiger partial charge in [-0.1, -0.05) is 0 Å². The molecule has 0 saturated carbocycles. The van der Waals surface area contributed by atoms with Gasteiger partial charge in [0.25, 0.3) is 0 Å². The van der Waals surface area contributed by atoms with Gasteiger partial charge in [0.05, 0.1) is 6.42 Å². The van der Waals surface area contributed by atoms with E-state index in [1.807, 2.05) is 0 Å². The molecule has 0 aliphatic rings. The van der Waals surface area contributed by atoms with Gasteiger partial charge in [-0.2, -0.15) is 0 Å². The number of aliphatic carboxylic acids is 1. The van der Waals surface area contributed by atoms with Crippen molar-refractivity contribution >= 4 is 17.7 Å². The Labute approximate surface area is 111 Å². The molecule has 0 unspecified atom stereocenters. The minimum atomic E-state index is -0.954. The lowest BCUT2D eigenvalue weighted by molar-refractivity contribution is -0.137. The van der Waals surface area contributed by atoms with Crippen LogP contribution in [0.5, 0.6) is 0 Å². The number of carbonyl (C=O) groups excluding carboxylic acids is 1. The lowest BCUT2D eigenvalue weighted by atomic mass is 10.3. The van der Waals surface area contributed by atoms with E-state index in [1.165, 1.54) is 41.1 Å². The van der Waals surface area contributed by atoms with Crippen molar-refractivity contribution in [2.24, 2.45) is 0 Å². The molecule has 0 atom stereocenters. The van der Waals surface area contributed by atoms with Crippen molar-refractivity contribution in [1.29, 1.82) is 0 Å². The molecule has 0 heterocycles. The van der Waals surface area contributed by atoms with Crippen LogP contribution in [0.4, 0.5) is 14.9 Å². The number of rotatable bonds is 5. The number of halogens is 1. The Morgan fingerprint density at radius 3 is 2.32 bits per heavy atom. The SMILES string of the molecule is CCN(C(=O)N(C)CCC(=O)O)c1ccc(F)cc1. The molecule has 19 heavy (non-hydrogen) atoms. The van der Waals surface area contributed by atoms with Gasteiger partial charge in [0.15, 0.2) is 0 Å². The minimum Gasteiger partial charge on any atom is -0.481 e. The van der Waals surface area contributed by atoms with Gasteiger partial charge in [-0.25, -0.2) is 9.18 Å². The first-order valence-corrected chi connectivity index (χ1v) is 5.95. The first kappa shape index (κ1) is 14.9. The molecule has 0 bridgehead atoms. The molecule has 1 aromatic carbocycles. The first-order chi connectivity index (χ1) is 8.95. The Hall–Kier alpha value is -2.11. The number of nitrogens with zero attached hydrogens (tertiary/aromatic N) is 2. The summed E-state index contributed by atoms with van der Waals surface area (Å²) in [6, 6.07) is 5.28. The van der Waals surface area contributed by atoms with Crippen LogP contribution >= 0.6 is 0 Å². The van der Waals surface area contributed by atoms with Crippen molar-refractivity contribution in [2.75, 3.05) is 25.0 Å². The van der Waals surface area contributed by atoms with Gasteiger partial charge in [0, 0.05) is 25.8 Å². The van der Waals surface area contributed by atoms with Crippen LogP contribution < -0.4 is 4.90 Å². The summed E-state index contributed by atoms with van der Waals surface area (Å²) in [5, 5.41) is 8.59. The Morgan fingerprint density at radius 1 is 1.26 bits per heavy atom. The lowest BCUT2D eigenvalue weighted by Crippen LogP contribution is -2.42. The van der Waals surface area contributed by atoms with Crippen molar-refractivity contribution in [3.05, 3.63) is 30.1 Å². The second kappa shape index (κ2) is 6.72. The largest absolute Gasteiger partial charge is 0.481 e. The number of hydrogen-bond donors (Lipinski definition) is 1. The van der Waals surface area contributed by atoms with Crippen molar-refractivity contribution in [2.45, 2.75) is 13.3 Å². The van der Waals surface area contributed by atoms with E-state index in [9.17, 15) is 14.0 Å². The van der Waals surface area contributed by atoms with E-state index < -0.39 is 5.97 Å². The number of benzene rings is 1. The van der Waals surface area contributed by atoms with Crippen LogP contribution in [0.15, 0.2) is 24.3 Å². The fourth-order valence-corrected chi connectivity index (χ4v) is 1.61. The number of carbonyl (C=O) groups is 2. The maximum Gasteiger partial charge on any atom is 0.324 e. The van der Waals surface area contributed by atoms with Gasteiger partial charge >= 0.3 is 12.0 Å². The molecule has 2 amide bonds. The predicted octanol–water partition coefficient (Wildman–Crippen LogP) is 2.18. The van der Waals surface area contributed by atoms with Gasteiger partial charge in [0.2, 0.25) is 0 Å². The summed E-state index contributed by atoms with van der Waals surface area (Å²) in [5.41, 5.74) is 0.580. The maximum absolute atomic E-state index is 12.8. The molecular formula is C13H17FN2O3. The van der Waals surface area contributed by atoms with Crippen LogP contribution in [0.3, 0.4) is 0 Å². The standard InChI is InChI=1S/C13H17FN2O3/c1-3-16(11-6-4-10(14)5-7-11)13(19)15(2)9-8-12(17)18/h4-7H,3,8-9H2,1-2H3,(H,17,18). The van der Waals surface area contributed by atoms with Crippen LogP contribution in [-0.2, 0) is 4.79 Å². The molecule has 0 radical (unpaired) electrons.